The van der Waals surface area contributed by atoms with Crippen LogP contribution in [-0.4, -0.2) is 55.6 Å². The average Bonchev–Trinajstić information content (AvgIpc) is 2.21. The fourth-order valence-electron chi connectivity index (χ4n) is 2.04. The lowest BCUT2D eigenvalue weighted by Gasteiger charge is -2.30. The zero-order valence-corrected chi connectivity index (χ0v) is 9.16. The van der Waals surface area contributed by atoms with Crippen LogP contribution in [0.3, 0.4) is 0 Å². The largest absolute Gasteiger partial charge is 0.330 e. The molecule has 0 saturated carbocycles. The maximum Gasteiger partial charge on any atom is 0.0234 e. The van der Waals surface area contributed by atoms with Crippen molar-refractivity contribution in [3.8, 4) is 0 Å². The van der Waals surface area contributed by atoms with Crippen LogP contribution in [0.5, 0.6) is 0 Å². The molecule has 1 fully saturated rings. The van der Waals surface area contributed by atoms with E-state index in [1.54, 1.807) is 0 Å². The topological polar surface area (TPSA) is 32.5 Å². The van der Waals surface area contributed by atoms with Gasteiger partial charge in [-0.3, -0.25) is 4.90 Å². The molecule has 0 bridgehead atoms. The summed E-state index contributed by atoms with van der Waals surface area (Å²) in [5.74, 6) is 0. The van der Waals surface area contributed by atoms with Crippen molar-refractivity contribution < 1.29 is 0 Å². The summed E-state index contributed by atoms with van der Waals surface area (Å²) in [6.45, 7) is 5.49. The van der Waals surface area contributed by atoms with Crippen molar-refractivity contribution in [2.45, 2.75) is 31.8 Å². The van der Waals surface area contributed by atoms with Crippen LogP contribution < -0.4 is 5.73 Å². The molecule has 0 aromatic carbocycles. The highest BCUT2D eigenvalue weighted by Gasteiger charge is 2.24. The van der Waals surface area contributed by atoms with Crippen LogP contribution in [-0.2, 0) is 0 Å². The van der Waals surface area contributed by atoms with Crippen LogP contribution in [0.15, 0.2) is 0 Å². The third kappa shape index (κ3) is 2.93. The van der Waals surface area contributed by atoms with Gasteiger partial charge in [0, 0.05) is 18.6 Å². The first-order chi connectivity index (χ1) is 6.15. The Morgan fingerprint density at radius 3 is 2.69 bits per heavy atom. The van der Waals surface area contributed by atoms with Crippen LogP contribution in [0, 0.1) is 0 Å². The number of hydrogen-bond donors (Lipinski definition) is 1. The fourth-order valence-corrected chi connectivity index (χ4v) is 2.04. The second kappa shape index (κ2) is 4.94. The summed E-state index contributed by atoms with van der Waals surface area (Å²) in [5, 5.41) is 0. The van der Waals surface area contributed by atoms with Crippen molar-refractivity contribution in [3.63, 3.8) is 0 Å². The van der Waals surface area contributed by atoms with Crippen molar-refractivity contribution in [3.05, 3.63) is 0 Å². The number of nitrogens with zero attached hydrogens (tertiary/aromatic N) is 2. The Bertz CT molecular complexity index is 149. The first-order valence-electron chi connectivity index (χ1n) is 5.25. The van der Waals surface area contributed by atoms with E-state index in [0.717, 1.165) is 19.5 Å². The van der Waals surface area contributed by atoms with Gasteiger partial charge in [-0.2, -0.15) is 0 Å². The zero-order valence-electron chi connectivity index (χ0n) is 9.16. The molecule has 2 atom stereocenters. The molecule has 1 aliphatic heterocycles. The Labute approximate surface area is 81.9 Å². The smallest absolute Gasteiger partial charge is 0.0234 e. The molecule has 0 aromatic rings. The van der Waals surface area contributed by atoms with Crippen LogP contribution in [0.1, 0.15) is 19.8 Å². The molecule has 3 heteroatoms. The first kappa shape index (κ1) is 11.0. The van der Waals surface area contributed by atoms with Gasteiger partial charge in [0.2, 0.25) is 0 Å². The molecule has 1 rings (SSSR count). The van der Waals surface area contributed by atoms with Gasteiger partial charge >= 0.3 is 0 Å². The molecule has 78 valence electrons. The molecule has 0 aliphatic carbocycles. The lowest BCUT2D eigenvalue weighted by molar-refractivity contribution is 0.176. The Morgan fingerprint density at radius 2 is 2.08 bits per heavy atom. The normalized spacial score (nSPS) is 33.2. The summed E-state index contributed by atoms with van der Waals surface area (Å²) < 4.78 is 0. The minimum atomic E-state index is 0.646. The van der Waals surface area contributed by atoms with Crippen LogP contribution in [0.4, 0.5) is 0 Å². The summed E-state index contributed by atoms with van der Waals surface area (Å²) in [6.07, 6.45) is 2.39. The summed E-state index contributed by atoms with van der Waals surface area (Å²) in [6, 6.07) is 1.34. The Balaban J connectivity index is 2.55. The highest BCUT2D eigenvalue weighted by molar-refractivity contribution is 4.81. The van der Waals surface area contributed by atoms with Crippen LogP contribution >= 0.6 is 0 Å². The van der Waals surface area contributed by atoms with E-state index in [0.29, 0.717) is 12.1 Å². The van der Waals surface area contributed by atoms with Gasteiger partial charge in [-0.25, -0.2) is 0 Å². The van der Waals surface area contributed by atoms with Crippen molar-refractivity contribution >= 4 is 0 Å². The maximum atomic E-state index is 5.62. The standard InChI is InChI=1S/C10H23N3/c1-9-5-7-12(2)8-10(4-6-11)13(9)3/h9-10H,4-8,11H2,1-3H3. The van der Waals surface area contributed by atoms with Gasteiger partial charge in [-0.05, 0) is 47.0 Å². The third-order valence-corrected chi connectivity index (χ3v) is 3.22. The lowest BCUT2D eigenvalue weighted by Crippen LogP contribution is -2.42. The van der Waals surface area contributed by atoms with E-state index in [1.165, 1.54) is 13.0 Å². The predicted molar refractivity (Wildman–Crippen MR) is 56.8 cm³/mol. The number of hydrogen-bond acceptors (Lipinski definition) is 3. The van der Waals surface area contributed by atoms with E-state index in [-0.39, 0.29) is 0 Å². The van der Waals surface area contributed by atoms with E-state index in [9.17, 15) is 0 Å². The molecule has 13 heavy (non-hydrogen) atoms. The fraction of sp³-hybridized carbons (Fsp3) is 1.00. The van der Waals surface area contributed by atoms with Crippen molar-refractivity contribution in [1.29, 1.82) is 0 Å². The molecule has 2 N–H and O–H groups in total. The van der Waals surface area contributed by atoms with Gasteiger partial charge in [0.15, 0.2) is 0 Å². The van der Waals surface area contributed by atoms with Gasteiger partial charge < -0.3 is 10.6 Å². The number of likely N-dealkylation sites (N-methyl/N-ethyl adjacent to an activating group) is 2. The van der Waals surface area contributed by atoms with Crippen molar-refractivity contribution in [2.24, 2.45) is 5.73 Å². The Kier molecular flexibility index (Phi) is 4.16. The maximum absolute atomic E-state index is 5.62. The molecule has 0 spiro atoms. The molecule has 0 radical (unpaired) electrons. The Morgan fingerprint density at radius 1 is 1.38 bits per heavy atom. The summed E-state index contributed by atoms with van der Waals surface area (Å²) in [7, 11) is 4.43. The molecule has 2 unspecified atom stereocenters. The lowest BCUT2D eigenvalue weighted by atomic mass is 10.1. The third-order valence-electron chi connectivity index (χ3n) is 3.22. The van der Waals surface area contributed by atoms with E-state index in [4.69, 9.17) is 5.73 Å². The van der Waals surface area contributed by atoms with Gasteiger partial charge in [-0.1, -0.05) is 0 Å². The van der Waals surface area contributed by atoms with Gasteiger partial charge in [-0.15, -0.1) is 0 Å². The highest BCUT2D eigenvalue weighted by Crippen LogP contribution is 2.14. The van der Waals surface area contributed by atoms with Crippen molar-refractivity contribution in [1.82, 2.24) is 9.80 Å². The number of nitrogens with two attached hydrogens (primary N) is 1. The second-order valence-electron chi connectivity index (χ2n) is 4.30. The van der Waals surface area contributed by atoms with Gasteiger partial charge in [0.25, 0.3) is 0 Å². The Hall–Kier alpha value is -0.120. The minimum Gasteiger partial charge on any atom is -0.330 e. The van der Waals surface area contributed by atoms with E-state index in [2.05, 4.69) is 30.8 Å². The first-order valence-corrected chi connectivity index (χ1v) is 5.25. The molecule has 3 nitrogen and oxygen atoms in total. The monoisotopic (exact) mass is 185 g/mol. The summed E-state index contributed by atoms with van der Waals surface area (Å²) >= 11 is 0. The van der Waals surface area contributed by atoms with Crippen molar-refractivity contribution in [2.75, 3.05) is 33.7 Å². The molecule has 1 aliphatic rings. The van der Waals surface area contributed by atoms with E-state index in [1.807, 2.05) is 0 Å². The summed E-state index contributed by atoms with van der Waals surface area (Å²) in [4.78, 5) is 4.90. The number of rotatable bonds is 2. The summed E-state index contributed by atoms with van der Waals surface area (Å²) in [5.41, 5.74) is 5.62. The van der Waals surface area contributed by atoms with Crippen LogP contribution in [0.25, 0.3) is 0 Å². The molecular weight excluding hydrogens is 162 g/mol. The van der Waals surface area contributed by atoms with E-state index >= 15 is 0 Å². The quantitative estimate of drug-likeness (QED) is 0.674. The van der Waals surface area contributed by atoms with E-state index < -0.39 is 0 Å². The SMILES string of the molecule is CC1CCN(C)CC(CCN)N1C. The second-order valence-corrected chi connectivity index (χ2v) is 4.30. The highest BCUT2D eigenvalue weighted by atomic mass is 15.2. The zero-order chi connectivity index (χ0) is 9.84. The van der Waals surface area contributed by atoms with Gasteiger partial charge in [0.1, 0.15) is 0 Å². The van der Waals surface area contributed by atoms with Crippen LogP contribution in [0.2, 0.25) is 0 Å². The molecule has 1 saturated heterocycles. The molecule has 1 heterocycles. The minimum absolute atomic E-state index is 0.646. The average molecular weight is 185 g/mol. The molecular formula is C10H23N3. The predicted octanol–water partition coefficient (Wildman–Crippen LogP) is 0.360. The van der Waals surface area contributed by atoms with Gasteiger partial charge in [0.05, 0.1) is 0 Å². The molecule has 0 aromatic heterocycles. The molecule has 0 amide bonds.